The maximum atomic E-state index is 4.79. The summed E-state index contributed by atoms with van der Waals surface area (Å²) >= 11 is 1.55. The van der Waals surface area contributed by atoms with Crippen LogP contribution in [0.3, 0.4) is 0 Å². The summed E-state index contributed by atoms with van der Waals surface area (Å²) in [6.45, 7) is 0. The number of anilines is 3. The summed E-state index contributed by atoms with van der Waals surface area (Å²) < 4.78 is 0. The number of fused-ring (bicyclic) bond motifs is 1. The van der Waals surface area contributed by atoms with Crippen molar-refractivity contribution in [2.24, 2.45) is 0 Å². The van der Waals surface area contributed by atoms with E-state index in [2.05, 4.69) is 27.8 Å². The minimum absolute atomic E-state index is 0.537. The molecule has 2 N–H and O–H groups in total. The predicted octanol–water partition coefficient (Wildman–Crippen LogP) is 6.24. The topological polar surface area (TPSA) is 62.7 Å². The number of rotatable bonds is 5. The summed E-state index contributed by atoms with van der Waals surface area (Å²) in [5.74, 6) is 1.72. The number of nitrogens with zero attached hydrogens (tertiary/aromatic N) is 3. The van der Waals surface area contributed by atoms with Crippen LogP contribution in [0.5, 0.6) is 0 Å². The van der Waals surface area contributed by atoms with Crippen LogP contribution in [0.25, 0.3) is 21.6 Å². The zero-order valence-corrected chi connectivity index (χ0v) is 17.0. The minimum atomic E-state index is 0.537. The fraction of sp³-hybridized carbons (Fsp3) is 0.261. The Morgan fingerprint density at radius 2 is 1.59 bits per heavy atom. The summed E-state index contributed by atoms with van der Waals surface area (Å²) in [6, 6.07) is 20.8. The maximum absolute atomic E-state index is 4.79. The van der Waals surface area contributed by atoms with E-state index in [9.17, 15) is 0 Å². The quantitative estimate of drug-likeness (QED) is 0.414. The SMILES string of the molecule is c1ccc(-c2ccc3nc(Nc4cccc(NC5CCCCC5)n4)sc3n2)cc1. The molecule has 0 radical (unpaired) electrons. The van der Waals surface area contributed by atoms with Crippen molar-refractivity contribution in [3.63, 3.8) is 0 Å². The van der Waals surface area contributed by atoms with Gasteiger partial charge in [0, 0.05) is 11.6 Å². The molecule has 1 saturated carbocycles. The lowest BCUT2D eigenvalue weighted by Gasteiger charge is -2.23. The molecule has 29 heavy (non-hydrogen) atoms. The fourth-order valence-corrected chi connectivity index (χ4v) is 4.64. The molecule has 6 heteroatoms. The molecule has 0 saturated heterocycles. The average molecular weight is 402 g/mol. The van der Waals surface area contributed by atoms with Gasteiger partial charge in [-0.3, -0.25) is 0 Å². The van der Waals surface area contributed by atoms with Crippen molar-refractivity contribution in [2.45, 2.75) is 38.1 Å². The molecule has 0 atom stereocenters. The molecule has 1 fully saturated rings. The first-order valence-electron chi connectivity index (χ1n) is 10.2. The molecule has 0 bridgehead atoms. The molecule has 146 valence electrons. The van der Waals surface area contributed by atoms with Crippen LogP contribution in [0.1, 0.15) is 32.1 Å². The normalized spacial score (nSPS) is 14.8. The molecule has 0 amide bonds. The average Bonchev–Trinajstić information content (AvgIpc) is 3.17. The van der Waals surface area contributed by atoms with Gasteiger partial charge < -0.3 is 10.6 Å². The molecule has 0 aliphatic heterocycles. The zero-order valence-electron chi connectivity index (χ0n) is 16.1. The van der Waals surface area contributed by atoms with Crippen molar-refractivity contribution in [3.8, 4) is 11.3 Å². The van der Waals surface area contributed by atoms with Crippen LogP contribution >= 0.6 is 11.3 Å². The third-order valence-corrected chi connectivity index (χ3v) is 6.15. The van der Waals surface area contributed by atoms with Crippen molar-refractivity contribution < 1.29 is 0 Å². The van der Waals surface area contributed by atoms with Crippen LogP contribution in [0.4, 0.5) is 16.8 Å². The molecule has 0 unspecified atom stereocenters. The second-order valence-electron chi connectivity index (χ2n) is 7.42. The predicted molar refractivity (Wildman–Crippen MR) is 121 cm³/mol. The van der Waals surface area contributed by atoms with Crippen molar-refractivity contribution >= 4 is 38.5 Å². The maximum Gasteiger partial charge on any atom is 0.190 e. The van der Waals surface area contributed by atoms with Crippen LogP contribution in [-0.4, -0.2) is 21.0 Å². The van der Waals surface area contributed by atoms with Gasteiger partial charge in [-0.2, -0.15) is 0 Å². The molecule has 3 aromatic heterocycles. The zero-order chi connectivity index (χ0) is 19.5. The monoisotopic (exact) mass is 401 g/mol. The number of benzene rings is 1. The van der Waals surface area contributed by atoms with E-state index in [1.165, 1.54) is 32.1 Å². The van der Waals surface area contributed by atoms with Gasteiger partial charge in [-0.05, 0) is 37.1 Å². The van der Waals surface area contributed by atoms with Crippen molar-refractivity contribution in [1.82, 2.24) is 15.0 Å². The Labute approximate surface area is 174 Å². The van der Waals surface area contributed by atoms with Crippen LogP contribution < -0.4 is 10.6 Å². The highest BCUT2D eigenvalue weighted by Crippen LogP contribution is 2.29. The van der Waals surface area contributed by atoms with Crippen LogP contribution in [0, 0.1) is 0 Å². The lowest BCUT2D eigenvalue weighted by molar-refractivity contribution is 0.462. The van der Waals surface area contributed by atoms with E-state index >= 15 is 0 Å². The van der Waals surface area contributed by atoms with Gasteiger partial charge in [0.2, 0.25) is 0 Å². The van der Waals surface area contributed by atoms with Crippen LogP contribution in [0.2, 0.25) is 0 Å². The lowest BCUT2D eigenvalue weighted by atomic mass is 9.95. The Morgan fingerprint density at radius 1 is 0.759 bits per heavy atom. The highest BCUT2D eigenvalue weighted by Gasteiger charge is 2.14. The van der Waals surface area contributed by atoms with E-state index in [4.69, 9.17) is 9.97 Å². The number of aromatic nitrogens is 3. The summed E-state index contributed by atoms with van der Waals surface area (Å²) in [6.07, 6.45) is 6.42. The summed E-state index contributed by atoms with van der Waals surface area (Å²) in [7, 11) is 0. The van der Waals surface area contributed by atoms with E-state index in [0.717, 1.165) is 38.4 Å². The molecular formula is C23H23N5S. The molecular weight excluding hydrogens is 378 g/mol. The highest BCUT2D eigenvalue weighted by molar-refractivity contribution is 7.21. The van der Waals surface area contributed by atoms with Crippen molar-refractivity contribution in [1.29, 1.82) is 0 Å². The number of hydrogen-bond donors (Lipinski definition) is 2. The van der Waals surface area contributed by atoms with Crippen molar-refractivity contribution in [3.05, 3.63) is 60.7 Å². The molecule has 4 aromatic rings. The molecule has 5 rings (SSSR count). The van der Waals surface area contributed by atoms with Gasteiger partial charge in [-0.25, -0.2) is 15.0 Å². The second kappa shape index (κ2) is 8.17. The van der Waals surface area contributed by atoms with Gasteiger partial charge in [-0.15, -0.1) is 0 Å². The van der Waals surface area contributed by atoms with E-state index < -0.39 is 0 Å². The Morgan fingerprint density at radius 3 is 2.45 bits per heavy atom. The Kier molecular flexibility index (Phi) is 5.09. The minimum Gasteiger partial charge on any atom is -0.367 e. The third kappa shape index (κ3) is 4.22. The Bertz CT molecular complexity index is 1100. The van der Waals surface area contributed by atoms with Crippen molar-refractivity contribution in [2.75, 3.05) is 10.6 Å². The second-order valence-corrected chi connectivity index (χ2v) is 8.40. The van der Waals surface area contributed by atoms with E-state index in [1.807, 2.05) is 48.5 Å². The summed E-state index contributed by atoms with van der Waals surface area (Å²) in [5, 5.41) is 7.73. The lowest BCUT2D eigenvalue weighted by Crippen LogP contribution is -2.22. The Hall–Kier alpha value is -2.99. The van der Waals surface area contributed by atoms with Gasteiger partial charge in [0.25, 0.3) is 0 Å². The standard InChI is InChI=1S/C23H23N5S/c1-3-8-16(9-4-1)18-14-15-19-22(25-18)29-23(26-19)28-21-13-7-12-20(27-21)24-17-10-5-2-6-11-17/h1,3-4,7-9,12-15,17H,2,5-6,10-11H2,(H2,24,26,27,28). The first kappa shape index (κ1) is 18.1. The van der Waals surface area contributed by atoms with Crippen LogP contribution in [-0.2, 0) is 0 Å². The van der Waals surface area contributed by atoms with Crippen LogP contribution in [0.15, 0.2) is 60.7 Å². The molecule has 1 aromatic carbocycles. The van der Waals surface area contributed by atoms with Gasteiger partial charge in [-0.1, -0.05) is 67.0 Å². The number of nitrogens with one attached hydrogen (secondary N) is 2. The smallest absolute Gasteiger partial charge is 0.190 e. The molecule has 1 aliphatic carbocycles. The molecule has 0 spiro atoms. The molecule has 5 nitrogen and oxygen atoms in total. The van der Waals surface area contributed by atoms with Gasteiger partial charge in [0.05, 0.1) is 5.69 Å². The molecule has 1 aliphatic rings. The number of pyridine rings is 2. The summed E-state index contributed by atoms with van der Waals surface area (Å²) in [5.41, 5.74) is 2.97. The number of thiazole rings is 1. The van der Waals surface area contributed by atoms with E-state index in [-0.39, 0.29) is 0 Å². The highest BCUT2D eigenvalue weighted by atomic mass is 32.1. The van der Waals surface area contributed by atoms with Gasteiger partial charge >= 0.3 is 0 Å². The third-order valence-electron chi connectivity index (χ3n) is 5.27. The largest absolute Gasteiger partial charge is 0.367 e. The van der Waals surface area contributed by atoms with Gasteiger partial charge in [0.15, 0.2) is 5.13 Å². The van der Waals surface area contributed by atoms with E-state index in [0.29, 0.717) is 6.04 Å². The first-order valence-corrected chi connectivity index (χ1v) is 11.0. The van der Waals surface area contributed by atoms with E-state index in [1.54, 1.807) is 11.3 Å². The molecule has 3 heterocycles. The summed E-state index contributed by atoms with van der Waals surface area (Å²) in [4.78, 5) is 15.1. The number of hydrogen-bond acceptors (Lipinski definition) is 6. The first-order chi connectivity index (χ1) is 14.3. The van der Waals surface area contributed by atoms with Gasteiger partial charge in [0.1, 0.15) is 22.0 Å². The Balaban J connectivity index is 1.34. The fourth-order valence-electron chi connectivity index (χ4n) is 3.79.